The number of ether oxygens (including phenoxy) is 1. The molecule has 2 atom stereocenters. The van der Waals surface area contributed by atoms with Gasteiger partial charge in [-0.1, -0.05) is 0 Å². The van der Waals surface area contributed by atoms with E-state index < -0.39 is 0 Å². The van der Waals surface area contributed by atoms with Crippen molar-refractivity contribution in [3.05, 3.63) is 0 Å². The van der Waals surface area contributed by atoms with Crippen LogP contribution in [0.3, 0.4) is 0 Å². The molecule has 2 unspecified atom stereocenters. The first kappa shape index (κ1) is 12.9. The number of aliphatic hydroxyl groups is 1. The summed E-state index contributed by atoms with van der Waals surface area (Å²) in [6.07, 6.45) is 3.38. The molecular weight excluding hydrogens is 192 g/mol. The molecule has 15 heavy (non-hydrogen) atoms. The zero-order valence-corrected chi connectivity index (χ0v) is 9.69. The van der Waals surface area contributed by atoms with Gasteiger partial charge in [-0.25, -0.2) is 0 Å². The molecule has 1 saturated heterocycles. The van der Waals surface area contributed by atoms with Gasteiger partial charge in [-0.05, 0) is 32.7 Å². The Bertz CT molecular complexity index is 165. The smallest absolute Gasteiger partial charge is 0.0850 e. The van der Waals surface area contributed by atoms with Gasteiger partial charge in [0.05, 0.1) is 12.7 Å². The van der Waals surface area contributed by atoms with Gasteiger partial charge in [-0.15, -0.1) is 0 Å². The Labute approximate surface area is 92.4 Å². The van der Waals surface area contributed by atoms with Gasteiger partial charge in [0.1, 0.15) is 0 Å². The maximum atomic E-state index is 8.67. The number of morpholine rings is 1. The van der Waals surface area contributed by atoms with E-state index in [0.717, 1.165) is 45.5 Å². The summed E-state index contributed by atoms with van der Waals surface area (Å²) in [4.78, 5) is 2.41. The lowest BCUT2D eigenvalue weighted by Crippen LogP contribution is -2.49. The van der Waals surface area contributed by atoms with Crippen LogP contribution in [0.25, 0.3) is 0 Å². The summed E-state index contributed by atoms with van der Waals surface area (Å²) >= 11 is 0. The summed E-state index contributed by atoms with van der Waals surface area (Å²) in [6, 6.07) is 0.116. The van der Waals surface area contributed by atoms with Gasteiger partial charge in [0.15, 0.2) is 0 Å². The molecule has 0 spiro atoms. The molecule has 1 aliphatic heterocycles. The third-order valence-corrected chi connectivity index (χ3v) is 2.90. The van der Waals surface area contributed by atoms with Crippen LogP contribution in [0.5, 0.6) is 0 Å². The fourth-order valence-electron chi connectivity index (χ4n) is 1.88. The van der Waals surface area contributed by atoms with Crippen LogP contribution >= 0.6 is 0 Å². The van der Waals surface area contributed by atoms with Crippen molar-refractivity contribution < 1.29 is 9.84 Å². The average molecular weight is 216 g/mol. The van der Waals surface area contributed by atoms with Gasteiger partial charge in [0.25, 0.3) is 0 Å². The zero-order valence-electron chi connectivity index (χ0n) is 9.69. The van der Waals surface area contributed by atoms with Crippen LogP contribution in [-0.2, 0) is 4.74 Å². The molecule has 0 saturated carbocycles. The predicted molar refractivity (Wildman–Crippen MR) is 60.8 cm³/mol. The Hall–Kier alpha value is -0.160. The summed E-state index contributed by atoms with van der Waals surface area (Å²) in [5, 5.41) is 8.67. The lowest BCUT2D eigenvalue weighted by Gasteiger charge is -2.34. The van der Waals surface area contributed by atoms with Crippen LogP contribution in [0, 0.1) is 0 Å². The van der Waals surface area contributed by atoms with Crippen molar-refractivity contribution in [3.63, 3.8) is 0 Å². The molecular formula is C11H24N2O2. The average Bonchev–Trinajstić information content (AvgIpc) is 2.25. The number of hydrogen-bond donors (Lipinski definition) is 2. The Morgan fingerprint density at radius 1 is 1.47 bits per heavy atom. The highest BCUT2D eigenvalue weighted by Crippen LogP contribution is 2.09. The van der Waals surface area contributed by atoms with E-state index in [9.17, 15) is 0 Å². The quantitative estimate of drug-likeness (QED) is 0.623. The molecule has 0 aliphatic carbocycles. The molecule has 1 aliphatic rings. The summed E-state index contributed by atoms with van der Waals surface area (Å²) in [7, 11) is 0. The van der Waals surface area contributed by atoms with Crippen molar-refractivity contribution in [2.24, 2.45) is 5.73 Å². The van der Waals surface area contributed by atoms with Gasteiger partial charge in [0.2, 0.25) is 0 Å². The molecule has 0 aromatic rings. The SMILES string of the molecule is CC(N)C1CN(CCCCCO)CCO1. The predicted octanol–water partition coefficient (Wildman–Crippen LogP) is 0.197. The van der Waals surface area contributed by atoms with Crippen LogP contribution in [0.1, 0.15) is 26.2 Å². The summed E-state index contributed by atoms with van der Waals surface area (Å²) < 4.78 is 5.59. The molecule has 1 fully saturated rings. The van der Waals surface area contributed by atoms with Crippen LogP contribution in [0.2, 0.25) is 0 Å². The minimum atomic E-state index is 0.116. The van der Waals surface area contributed by atoms with Crippen molar-refractivity contribution in [1.82, 2.24) is 4.90 Å². The van der Waals surface area contributed by atoms with E-state index in [1.807, 2.05) is 6.92 Å². The monoisotopic (exact) mass is 216 g/mol. The second kappa shape index (κ2) is 7.17. The minimum Gasteiger partial charge on any atom is -0.396 e. The van der Waals surface area contributed by atoms with Crippen molar-refractivity contribution in [2.75, 3.05) is 32.8 Å². The summed E-state index contributed by atoms with van der Waals surface area (Å²) in [6.45, 7) is 6.18. The maximum absolute atomic E-state index is 8.67. The van der Waals surface area contributed by atoms with Gasteiger partial charge in [-0.3, -0.25) is 4.90 Å². The number of rotatable bonds is 6. The summed E-state index contributed by atoms with van der Waals surface area (Å²) in [5.74, 6) is 0. The lowest BCUT2D eigenvalue weighted by atomic mass is 10.1. The Kier molecular flexibility index (Phi) is 6.17. The molecule has 3 N–H and O–H groups in total. The van der Waals surface area contributed by atoms with E-state index >= 15 is 0 Å². The van der Waals surface area contributed by atoms with E-state index in [1.165, 1.54) is 0 Å². The Morgan fingerprint density at radius 2 is 2.27 bits per heavy atom. The van der Waals surface area contributed by atoms with E-state index in [1.54, 1.807) is 0 Å². The fraction of sp³-hybridized carbons (Fsp3) is 1.00. The van der Waals surface area contributed by atoms with Crippen LogP contribution < -0.4 is 5.73 Å². The molecule has 0 bridgehead atoms. The number of aliphatic hydroxyl groups excluding tert-OH is 1. The van der Waals surface area contributed by atoms with Crippen molar-refractivity contribution >= 4 is 0 Å². The van der Waals surface area contributed by atoms with Crippen molar-refractivity contribution in [1.29, 1.82) is 0 Å². The first-order valence-electron chi connectivity index (χ1n) is 5.94. The Morgan fingerprint density at radius 3 is 2.93 bits per heavy atom. The van der Waals surface area contributed by atoms with Gasteiger partial charge >= 0.3 is 0 Å². The van der Waals surface area contributed by atoms with Crippen molar-refractivity contribution in [3.8, 4) is 0 Å². The molecule has 4 nitrogen and oxygen atoms in total. The highest BCUT2D eigenvalue weighted by Gasteiger charge is 2.22. The van der Waals surface area contributed by atoms with Crippen LogP contribution in [0.15, 0.2) is 0 Å². The number of hydrogen-bond acceptors (Lipinski definition) is 4. The highest BCUT2D eigenvalue weighted by atomic mass is 16.5. The maximum Gasteiger partial charge on any atom is 0.0850 e. The third-order valence-electron chi connectivity index (χ3n) is 2.90. The lowest BCUT2D eigenvalue weighted by molar-refractivity contribution is -0.0379. The van der Waals surface area contributed by atoms with Gasteiger partial charge in [0, 0.05) is 25.7 Å². The highest BCUT2D eigenvalue weighted by molar-refractivity contribution is 4.77. The van der Waals surface area contributed by atoms with Crippen molar-refractivity contribution in [2.45, 2.75) is 38.3 Å². The molecule has 0 amide bonds. The van der Waals surface area contributed by atoms with E-state index in [2.05, 4.69) is 4.90 Å². The van der Waals surface area contributed by atoms with Crippen LogP contribution in [0.4, 0.5) is 0 Å². The largest absolute Gasteiger partial charge is 0.396 e. The standard InChI is InChI=1S/C11H24N2O2/c1-10(12)11-9-13(6-8-15-11)5-3-2-4-7-14/h10-11,14H,2-9,12H2,1H3. The van der Waals surface area contributed by atoms with Crippen LogP contribution in [-0.4, -0.2) is 55.0 Å². The first-order valence-corrected chi connectivity index (χ1v) is 5.94. The van der Waals surface area contributed by atoms with E-state index in [0.29, 0.717) is 6.61 Å². The van der Waals surface area contributed by atoms with E-state index in [4.69, 9.17) is 15.6 Å². The minimum absolute atomic E-state index is 0.116. The molecule has 1 heterocycles. The molecule has 0 radical (unpaired) electrons. The first-order chi connectivity index (χ1) is 7.24. The second-order valence-corrected chi connectivity index (χ2v) is 4.35. The molecule has 0 aromatic carbocycles. The van der Waals surface area contributed by atoms with E-state index in [-0.39, 0.29) is 12.1 Å². The van der Waals surface area contributed by atoms with Gasteiger partial charge in [-0.2, -0.15) is 0 Å². The molecule has 0 aromatic heterocycles. The third kappa shape index (κ3) is 4.93. The normalized spacial score (nSPS) is 25.4. The fourth-order valence-corrected chi connectivity index (χ4v) is 1.88. The Balaban J connectivity index is 2.13. The topological polar surface area (TPSA) is 58.7 Å². The molecule has 90 valence electrons. The number of nitrogens with two attached hydrogens (primary N) is 1. The molecule has 4 heteroatoms. The second-order valence-electron chi connectivity index (χ2n) is 4.35. The number of nitrogens with zero attached hydrogens (tertiary/aromatic N) is 1. The van der Waals surface area contributed by atoms with Gasteiger partial charge < -0.3 is 15.6 Å². The summed E-state index contributed by atoms with van der Waals surface area (Å²) in [5.41, 5.74) is 5.82. The zero-order chi connectivity index (χ0) is 11.1. The number of unbranched alkanes of at least 4 members (excludes halogenated alkanes) is 2. The molecule has 1 rings (SSSR count).